The van der Waals surface area contributed by atoms with Gasteiger partial charge in [0.2, 0.25) is 0 Å². The zero-order valence-electron chi connectivity index (χ0n) is 16.2. The number of esters is 1. The molecule has 3 aromatic rings. The van der Waals surface area contributed by atoms with Crippen molar-refractivity contribution in [1.82, 2.24) is 9.55 Å². The number of benzene rings is 2. The Bertz CT molecular complexity index is 1000. The molecule has 28 heavy (non-hydrogen) atoms. The maximum Gasteiger partial charge on any atom is 0.330 e. The van der Waals surface area contributed by atoms with E-state index in [0.29, 0.717) is 6.61 Å². The number of carbonyl (C=O) groups excluding carboxylic acids is 1. The lowest BCUT2D eigenvalue weighted by atomic mass is 10.1. The van der Waals surface area contributed by atoms with Gasteiger partial charge in [-0.25, -0.2) is 9.78 Å². The van der Waals surface area contributed by atoms with Crippen molar-refractivity contribution in [2.45, 2.75) is 26.2 Å². The van der Waals surface area contributed by atoms with Crippen LogP contribution in [-0.2, 0) is 9.53 Å². The van der Waals surface area contributed by atoms with Crippen molar-refractivity contribution in [3.05, 3.63) is 60.4 Å². The van der Waals surface area contributed by atoms with Crippen LogP contribution >= 0.6 is 0 Å². The molecule has 0 amide bonds. The third-order valence-corrected chi connectivity index (χ3v) is 5.10. The van der Waals surface area contributed by atoms with E-state index in [1.54, 1.807) is 13.0 Å². The average Bonchev–Trinajstić information content (AvgIpc) is 3.16. The molecule has 1 aromatic heterocycles. The first-order valence-corrected chi connectivity index (χ1v) is 9.92. The van der Waals surface area contributed by atoms with Crippen molar-refractivity contribution in [2.24, 2.45) is 0 Å². The normalized spacial score (nSPS) is 14.7. The van der Waals surface area contributed by atoms with Gasteiger partial charge in [0.1, 0.15) is 6.33 Å². The van der Waals surface area contributed by atoms with Crippen molar-refractivity contribution >= 4 is 28.8 Å². The number of carbonyl (C=O) groups is 1. The van der Waals surface area contributed by atoms with Crippen molar-refractivity contribution < 1.29 is 9.53 Å². The summed E-state index contributed by atoms with van der Waals surface area (Å²) in [5.41, 5.74) is 5.25. The van der Waals surface area contributed by atoms with Gasteiger partial charge in [-0.1, -0.05) is 12.1 Å². The highest BCUT2D eigenvalue weighted by atomic mass is 16.5. The number of aromatic nitrogens is 2. The summed E-state index contributed by atoms with van der Waals surface area (Å²) in [5.74, 6) is -0.331. The highest BCUT2D eigenvalue weighted by Crippen LogP contribution is 2.25. The zero-order valence-corrected chi connectivity index (χ0v) is 16.2. The number of nitrogens with zero attached hydrogens (tertiary/aromatic N) is 3. The van der Waals surface area contributed by atoms with Crippen LogP contribution in [0.2, 0.25) is 0 Å². The predicted molar refractivity (Wildman–Crippen MR) is 113 cm³/mol. The predicted octanol–water partition coefficient (Wildman–Crippen LogP) is 4.59. The second-order valence-electron chi connectivity index (χ2n) is 7.02. The monoisotopic (exact) mass is 375 g/mol. The van der Waals surface area contributed by atoms with Gasteiger partial charge in [-0.2, -0.15) is 0 Å². The summed E-state index contributed by atoms with van der Waals surface area (Å²) in [6.07, 6.45) is 8.92. The Labute approximate surface area is 165 Å². The molecule has 5 nitrogen and oxygen atoms in total. The van der Waals surface area contributed by atoms with Crippen molar-refractivity contribution in [3.8, 4) is 5.69 Å². The van der Waals surface area contributed by atoms with E-state index in [2.05, 4.69) is 38.7 Å². The fraction of sp³-hybridized carbons (Fsp3) is 0.304. The highest BCUT2D eigenvalue weighted by Gasteiger charge is 2.12. The standard InChI is InChI=1S/C23H25N3O2/c1-2-28-23(27)12-10-18-9-11-22-21(15-18)24-17-26(22)20-8-6-7-19(16-20)25-13-4-3-5-14-25/h6-12,15-17H,2-5,13-14H2,1H3/b12-10+. The van der Waals surface area contributed by atoms with Gasteiger partial charge in [0, 0.05) is 30.5 Å². The molecule has 1 saturated heterocycles. The van der Waals surface area contributed by atoms with Crippen molar-refractivity contribution in [2.75, 3.05) is 24.6 Å². The molecule has 0 unspecified atom stereocenters. The van der Waals surface area contributed by atoms with E-state index >= 15 is 0 Å². The molecule has 144 valence electrons. The number of hydrogen-bond acceptors (Lipinski definition) is 4. The van der Waals surface area contributed by atoms with Crippen LogP contribution in [0.4, 0.5) is 5.69 Å². The first-order chi connectivity index (χ1) is 13.7. The Morgan fingerprint density at radius 3 is 2.75 bits per heavy atom. The van der Waals surface area contributed by atoms with Gasteiger partial charge in [0.05, 0.1) is 17.6 Å². The minimum Gasteiger partial charge on any atom is -0.463 e. The Morgan fingerprint density at radius 1 is 1.11 bits per heavy atom. The third kappa shape index (κ3) is 3.93. The van der Waals surface area contributed by atoms with Crippen LogP contribution in [-0.4, -0.2) is 35.2 Å². The summed E-state index contributed by atoms with van der Waals surface area (Å²) < 4.78 is 7.04. The smallest absolute Gasteiger partial charge is 0.330 e. The molecule has 4 rings (SSSR count). The summed E-state index contributed by atoms with van der Waals surface area (Å²) >= 11 is 0. The Balaban J connectivity index is 1.60. The molecule has 5 heteroatoms. The molecule has 0 radical (unpaired) electrons. The van der Waals surface area contributed by atoms with Crippen molar-refractivity contribution in [1.29, 1.82) is 0 Å². The van der Waals surface area contributed by atoms with E-state index in [1.807, 2.05) is 24.5 Å². The molecule has 2 heterocycles. The molecule has 2 aromatic carbocycles. The lowest BCUT2D eigenvalue weighted by Crippen LogP contribution is -2.29. The van der Waals surface area contributed by atoms with Crippen LogP contribution in [0.15, 0.2) is 54.9 Å². The van der Waals surface area contributed by atoms with Gasteiger partial charge in [0.25, 0.3) is 0 Å². The quantitative estimate of drug-likeness (QED) is 0.483. The Kier molecular flexibility index (Phi) is 5.42. The zero-order chi connectivity index (χ0) is 19.3. The van der Waals surface area contributed by atoms with Crippen LogP contribution in [0.3, 0.4) is 0 Å². The van der Waals surface area contributed by atoms with Crippen molar-refractivity contribution in [3.63, 3.8) is 0 Å². The number of imidazole rings is 1. The van der Waals surface area contributed by atoms with Gasteiger partial charge in [0.15, 0.2) is 0 Å². The lowest BCUT2D eigenvalue weighted by molar-refractivity contribution is -0.137. The first kappa shape index (κ1) is 18.3. The number of rotatable bonds is 5. The molecule has 0 atom stereocenters. The number of fused-ring (bicyclic) bond motifs is 1. The van der Waals surface area contributed by atoms with E-state index in [0.717, 1.165) is 35.4 Å². The fourth-order valence-corrected chi connectivity index (χ4v) is 3.69. The fourth-order valence-electron chi connectivity index (χ4n) is 3.69. The third-order valence-electron chi connectivity index (χ3n) is 5.10. The summed E-state index contributed by atoms with van der Waals surface area (Å²) in [4.78, 5) is 18.5. The SMILES string of the molecule is CCOC(=O)/C=C/c1ccc2c(c1)ncn2-c1cccc(N2CCCCC2)c1. The van der Waals surface area contributed by atoms with E-state index < -0.39 is 0 Å². The van der Waals surface area contributed by atoms with E-state index in [4.69, 9.17) is 4.74 Å². The van der Waals surface area contributed by atoms with Crippen LogP contribution in [0.25, 0.3) is 22.8 Å². The Morgan fingerprint density at radius 2 is 1.93 bits per heavy atom. The molecular weight excluding hydrogens is 350 g/mol. The summed E-state index contributed by atoms with van der Waals surface area (Å²) in [7, 11) is 0. The topological polar surface area (TPSA) is 47.4 Å². The maximum absolute atomic E-state index is 11.5. The Hall–Kier alpha value is -3.08. The molecular formula is C23H25N3O2. The van der Waals surface area contributed by atoms with Gasteiger partial charge in [-0.05, 0) is 68.2 Å². The van der Waals surface area contributed by atoms with E-state index in [1.165, 1.54) is 31.0 Å². The van der Waals surface area contributed by atoms with E-state index in [9.17, 15) is 4.79 Å². The largest absolute Gasteiger partial charge is 0.463 e. The van der Waals surface area contributed by atoms with Crippen LogP contribution in [0.5, 0.6) is 0 Å². The molecule has 1 aliphatic rings. The highest BCUT2D eigenvalue weighted by molar-refractivity contribution is 5.88. The summed E-state index contributed by atoms with van der Waals surface area (Å²) in [5, 5.41) is 0. The number of anilines is 1. The first-order valence-electron chi connectivity index (χ1n) is 9.92. The van der Waals surface area contributed by atoms with Gasteiger partial charge in [-0.3, -0.25) is 4.57 Å². The molecule has 0 N–H and O–H groups in total. The second kappa shape index (κ2) is 8.30. The number of ether oxygens (including phenoxy) is 1. The van der Waals surface area contributed by atoms with Gasteiger partial charge in [-0.15, -0.1) is 0 Å². The molecule has 0 bridgehead atoms. The summed E-state index contributed by atoms with van der Waals surface area (Å²) in [6.45, 7) is 4.43. The molecule has 0 spiro atoms. The average molecular weight is 375 g/mol. The number of hydrogen-bond donors (Lipinski definition) is 0. The maximum atomic E-state index is 11.5. The molecule has 0 saturated carbocycles. The van der Waals surface area contributed by atoms with Crippen LogP contribution in [0.1, 0.15) is 31.7 Å². The molecule has 0 aliphatic carbocycles. The van der Waals surface area contributed by atoms with Gasteiger partial charge < -0.3 is 9.64 Å². The second-order valence-corrected chi connectivity index (χ2v) is 7.02. The minimum atomic E-state index is -0.331. The van der Waals surface area contributed by atoms with E-state index in [-0.39, 0.29) is 5.97 Å². The van der Waals surface area contributed by atoms with Crippen LogP contribution < -0.4 is 4.90 Å². The summed E-state index contributed by atoms with van der Waals surface area (Å²) in [6, 6.07) is 14.7. The van der Waals surface area contributed by atoms with Gasteiger partial charge >= 0.3 is 5.97 Å². The lowest BCUT2D eigenvalue weighted by Gasteiger charge is -2.29. The van der Waals surface area contributed by atoms with Crippen LogP contribution in [0, 0.1) is 0 Å². The molecule has 1 aliphatic heterocycles. The number of piperidine rings is 1. The minimum absolute atomic E-state index is 0.331. The molecule has 1 fully saturated rings.